The maximum absolute atomic E-state index is 13.1. The van der Waals surface area contributed by atoms with Crippen LogP contribution >= 0.6 is 11.6 Å². The molecule has 0 radical (unpaired) electrons. The van der Waals surface area contributed by atoms with Crippen LogP contribution in [0.1, 0.15) is 23.2 Å². The van der Waals surface area contributed by atoms with Crippen LogP contribution in [0.5, 0.6) is 0 Å². The SMILES string of the molecule is CS(=O)(=O)Nc1ccc(NCC2CCN(c3ccncc3)CC2)c(C(=O)Nc2ccc(Cl)cn2)c1. The monoisotopic (exact) mass is 514 g/mol. The number of piperidine rings is 1. The molecule has 0 unspecified atom stereocenters. The Labute approximate surface area is 210 Å². The second-order valence-corrected chi connectivity index (χ2v) is 10.7. The molecule has 4 rings (SSSR count). The third-order valence-corrected chi connectivity index (χ3v) is 6.59. The Kier molecular flexibility index (Phi) is 7.72. The van der Waals surface area contributed by atoms with E-state index in [0.717, 1.165) is 32.2 Å². The number of pyridine rings is 2. The van der Waals surface area contributed by atoms with Crippen molar-refractivity contribution in [1.29, 1.82) is 0 Å². The molecular weight excluding hydrogens is 488 g/mol. The van der Waals surface area contributed by atoms with Gasteiger partial charge in [0.15, 0.2) is 0 Å². The van der Waals surface area contributed by atoms with Crippen LogP contribution in [-0.4, -0.2) is 50.2 Å². The van der Waals surface area contributed by atoms with Crippen LogP contribution in [0, 0.1) is 5.92 Å². The molecule has 35 heavy (non-hydrogen) atoms. The standard InChI is InChI=1S/C24H27ClN6O3S/c1-35(33,34)30-19-3-4-22(21(14-19)24(32)29-23-5-2-18(25)16-28-23)27-15-17-8-12-31(13-9-17)20-6-10-26-11-7-20/h2-7,10-11,14,16-17,27,30H,8-9,12-13,15H2,1H3,(H,28,29,32). The lowest BCUT2D eigenvalue weighted by atomic mass is 9.96. The molecule has 11 heteroatoms. The minimum atomic E-state index is -3.49. The van der Waals surface area contributed by atoms with Gasteiger partial charge in [-0.1, -0.05) is 11.6 Å². The summed E-state index contributed by atoms with van der Waals surface area (Å²) in [6.45, 7) is 2.59. The first-order valence-corrected chi connectivity index (χ1v) is 13.5. The predicted molar refractivity (Wildman–Crippen MR) is 140 cm³/mol. The lowest BCUT2D eigenvalue weighted by molar-refractivity contribution is 0.102. The summed E-state index contributed by atoms with van der Waals surface area (Å²) < 4.78 is 25.8. The van der Waals surface area contributed by atoms with Crippen LogP contribution in [0.3, 0.4) is 0 Å². The number of carbonyl (C=O) groups is 1. The number of hydrogen-bond acceptors (Lipinski definition) is 7. The van der Waals surface area contributed by atoms with Crippen molar-refractivity contribution < 1.29 is 13.2 Å². The summed E-state index contributed by atoms with van der Waals surface area (Å²) in [7, 11) is -3.49. The first kappa shape index (κ1) is 24.7. The number of aromatic nitrogens is 2. The van der Waals surface area contributed by atoms with E-state index in [0.29, 0.717) is 40.2 Å². The maximum atomic E-state index is 13.1. The van der Waals surface area contributed by atoms with E-state index in [1.807, 2.05) is 12.1 Å². The summed E-state index contributed by atoms with van der Waals surface area (Å²) in [5.74, 6) is 0.373. The highest BCUT2D eigenvalue weighted by Gasteiger charge is 2.21. The van der Waals surface area contributed by atoms with Crippen molar-refractivity contribution in [2.24, 2.45) is 5.92 Å². The number of halogens is 1. The quantitative estimate of drug-likeness (QED) is 0.414. The van der Waals surface area contributed by atoms with Crippen molar-refractivity contribution in [3.05, 3.63) is 71.6 Å². The Morgan fingerprint density at radius 1 is 1.11 bits per heavy atom. The number of rotatable bonds is 8. The summed E-state index contributed by atoms with van der Waals surface area (Å²) in [6, 6.07) is 12.1. The molecule has 3 aromatic rings. The number of nitrogens with zero attached hydrogens (tertiary/aromatic N) is 3. The van der Waals surface area contributed by atoms with Gasteiger partial charge in [-0.15, -0.1) is 0 Å². The smallest absolute Gasteiger partial charge is 0.258 e. The predicted octanol–water partition coefficient (Wildman–Crippen LogP) is 4.08. The van der Waals surface area contributed by atoms with Crippen molar-refractivity contribution in [3.8, 4) is 0 Å². The molecule has 0 aliphatic carbocycles. The Bertz CT molecular complexity index is 1260. The molecule has 2 aromatic heterocycles. The average molecular weight is 515 g/mol. The molecule has 0 atom stereocenters. The van der Waals surface area contributed by atoms with Gasteiger partial charge in [0, 0.05) is 55.3 Å². The van der Waals surface area contributed by atoms with Gasteiger partial charge in [-0.3, -0.25) is 14.5 Å². The summed E-state index contributed by atoms with van der Waals surface area (Å²) in [5, 5.41) is 6.59. The van der Waals surface area contributed by atoms with Gasteiger partial charge in [0.2, 0.25) is 10.0 Å². The van der Waals surface area contributed by atoms with Crippen molar-refractivity contribution in [1.82, 2.24) is 9.97 Å². The zero-order valence-corrected chi connectivity index (χ0v) is 20.8. The molecule has 184 valence electrons. The van der Waals surface area contributed by atoms with Gasteiger partial charge in [0.05, 0.1) is 16.8 Å². The number of benzene rings is 1. The molecule has 0 saturated carbocycles. The number of amides is 1. The van der Waals surface area contributed by atoms with Crippen LogP contribution in [0.4, 0.5) is 22.9 Å². The van der Waals surface area contributed by atoms with E-state index in [2.05, 4.69) is 30.2 Å². The highest BCUT2D eigenvalue weighted by molar-refractivity contribution is 7.92. The van der Waals surface area contributed by atoms with E-state index in [4.69, 9.17) is 11.6 Å². The number of sulfonamides is 1. The Hall–Kier alpha value is -3.37. The van der Waals surface area contributed by atoms with Crippen molar-refractivity contribution in [2.75, 3.05) is 46.1 Å². The zero-order valence-electron chi connectivity index (χ0n) is 19.2. The van der Waals surface area contributed by atoms with Gasteiger partial charge in [0.25, 0.3) is 5.91 Å². The molecule has 1 saturated heterocycles. The van der Waals surface area contributed by atoms with E-state index in [9.17, 15) is 13.2 Å². The van der Waals surface area contributed by atoms with Crippen LogP contribution in [0.15, 0.2) is 61.1 Å². The molecular formula is C24H27ClN6O3S. The Balaban J connectivity index is 1.45. The first-order valence-electron chi connectivity index (χ1n) is 11.2. The van der Waals surface area contributed by atoms with Crippen molar-refractivity contribution in [2.45, 2.75) is 12.8 Å². The second kappa shape index (κ2) is 10.9. The molecule has 0 bridgehead atoms. The topological polar surface area (TPSA) is 116 Å². The second-order valence-electron chi connectivity index (χ2n) is 8.47. The Morgan fingerprint density at radius 3 is 2.51 bits per heavy atom. The molecule has 0 spiro atoms. The summed E-state index contributed by atoms with van der Waals surface area (Å²) in [5.41, 5.74) is 2.41. The molecule has 1 aromatic carbocycles. The van der Waals surface area contributed by atoms with E-state index in [-0.39, 0.29) is 0 Å². The van der Waals surface area contributed by atoms with Gasteiger partial charge in [0.1, 0.15) is 5.82 Å². The fourth-order valence-corrected chi connectivity index (χ4v) is 4.67. The van der Waals surface area contributed by atoms with Gasteiger partial charge < -0.3 is 15.5 Å². The Morgan fingerprint density at radius 2 is 1.86 bits per heavy atom. The molecule has 3 heterocycles. The molecule has 9 nitrogen and oxygen atoms in total. The summed E-state index contributed by atoms with van der Waals surface area (Å²) >= 11 is 5.88. The number of carbonyl (C=O) groups excluding carboxylic acids is 1. The highest BCUT2D eigenvalue weighted by atomic mass is 35.5. The minimum Gasteiger partial charge on any atom is -0.384 e. The van der Waals surface area contributed by atoms with E-state index >= 15 is 0 Å². The van der Waals surface area contributed by atoms with Crippen LogP contribution in [0.2, 0.25) is 5.02 Å². The molecule has 1 amide bonds. The zero-order chi connectivity index (χ0) is 24.8. The molecule has 3 N–H and O–H groups in total. The fourth-order valence-electron chi connectivity index (χ4n) is 4.00. The number of nitrogens with one attached hydrogen (secondary N) is 3. The highest BCUT2D eigenvalue weighted by Crippen LogP contribution is 2.26. The largest absolute Gasteiger partial charge is 0.384 e. The molecule has 1 aliphatic heterocycles. The van der Waals surface area contributed by atoms with E-state index in [1.54, 1.807) is 36.7 Å². The summed E-state index contributed by atoms with van der Waals surface area (Å²) in [6.07, 6.45) is 8.14. The third-order valence-electron chi connectivity index (χ3n) is 5.76. The molecule has 1 aliphatic rings. The molecule has 1 fully saturated rings. The number of hydrogen-bond donors (Lipinski definition) is 3. The first-order chi connectivity index (χ1) is 16.8. The lowest BCUT2D eigenvalue weighted by Crippen LogP contribution is -2.36. The van der Waals surface area contributed by atoms with E-state index < -0.39 is 15.9 Å². The third kappa shape index (κ3) is 7.06. The summed E-state index contributed by atoms with van der Waals surface area (Å²) in [4.78, 5) is 23.6. The van der Waals surface area contributed by atoms with Gasteiger partial charge >= 0.3 is 0 Å². The normalized spacial score (nSPS) is 14.4. The lowest BCUT2D eigenvalue weighted by Gasteiger charge is -2.33. The number of anilines is 4. The van der Waals surface area contributed by atoms with Gasteiger partial charge in [-0.2, -0.15) is 0 Å². The minimum absolute atomic E-state index is 0.304. The van der Waals surface area contributed by atoms with Crippen molar-refractivity contribution in [3.63, 3.8) is 0 Å². The average Bonchev–Trinajstić information content (AvgIpc) is 2.84. The van der Waals surface area contributed by atoms with Crippen molar-refractivity contribution >= 4 is 50.4 Å². The van der Waals surface area contributed by atoms with Crippen LogP contribution < -0.4 is 20.3 Å². The maximum Gasteiger partial charge on any atom is 0.258 e. The van der Waals surface area contributed by atoms with Gasteiger partial charge in [-0.05, 0) is 61.2 Å². The van der Waals surface area contributed by atoms with E-state index in [1.165, 1.54) is 18.0 Å². The van der Waals surface area contributed by atoms with Crippen LogP contribution in [-0.2, 0) is 10.0 Å². The van der Waals surface area contributed by atoms with Gasteiger partial charge in [-0.25, -0.2) is 13.4 Å². The van der Waals surface area contributed by atoms with Crippen LogP contribution in [0.25, 0.3) is 0 Å². The fraction of sp³-hybridized carbons (Fsp3) is 0.292.